The van der Waals surface area contributed by atoms with Crippen LogP contribution in [0.4, 0.5) is 0 Å². The van der Waals surface area contributed by atoms with Crippen molar-refractivity contribution in [3.8, 4) is 67.0 Å². The van der Waals surface area contributed by atoms with Gasteiger partial charge in [0.05, 0.1) is 0 Å². The Kier molecular flexibility index (Phi) is 6.65. The fourth-order valence-electron chi connectivity index (χ4n) is 6.93. The number of nitrogens with zero attached hydrogens (tertiary/aromatic N) is 3. The summed E-state index contributed by atoms with van der Waals surface area (Å²) in [5.41, 5.74) is 18.5. The number of rotatable bonds is 5. The molecule has 1 aliphatic carbocycles. The lowest BCUT2D eigenvalue weighted by molar-refractivity contribution is 0.879. The Morgan fingerprint density at radius 2 is 1.02 bits per heavy atom. The Hall–Kier alpha value is -5.67. The summed E-state index contributed by atoms with van der Waals surface area (Å²) in [6, 6.07) is 49.3. The van der Waals surface area contributed by atoms with Gasteiger partial charge in [0.15, 0.2) is 0 Å². The number of aryl methyl sites for hydroxylation is 1. The fraction of sp³-hybridized carbons (Fsp3) is 0.0714. The van der Waals surface area contributed by atoms with Gasteiger partial charge in [-0.3, -0.25) is 0 Å². The van der Waals surface area contributed by atoms with E-state index in [9.17, 15) is 0 Å². The first kappa shape index (κ1) is 26.9. The van der Waals surface area contributed by atoms with E-state index in [-0.39, 0.29) is 0 Å². The van der Waals surface area contributed by atoms with Crippen molar-refractivity contribution in [2.75, 3.05) is 0 Å². The first-order valence-corrected chi connectivity index (χ1v) is 15.4. The maximum atomic E-state index is 4.86. The molecule has 0 saturated carbocycles. The predicted octanol–water partition coefficient (Wildman–Crippen LogP) is 10.4. The highest BCUT2D eigenvalue weighted by molar-refractivity contribution is 6.02. The number of hydrogen-bond donors (Lipinski definition) is 0. The number of hydrogen-bond acceptors (Lipinski definition) is 3. The van der Waals surface area contributed by atoms with Crippen LogP contribution in [0.15, 0.2) is 140 Å². The summed E-state index contributed by atoms with van der Waals surface area (Å²) in [6.07, 6.45) is 0.896. The molecule has 0 atom stereocenters. The van der Waals surface area contributed by atoms with E-state index in [1.54, 1.807) is 0 Å². The second-order valence-electron chi connectivity index (χ2n) is 11.7. The van der Waals surface area contributed by atoms with Crippen molar-refractivity contribution in [3.05, 3.63) is 162 Å². The average Bonchev–Trinajstić information content (AvgIpc) is 3.47. The Labute approximate surface area is 263 Å². The fourth-order valence-corrected chi connectivity index (χ4v) is 6.93. The van der Waals surface area contributed by atoms with Crippen molar-refractivity contribution in [3.63, 3.8) is 0 Å². The molecule has 0 aliphatic heterocycles. The molecule has 1 heterocycles. The molecule has 0 bridgehead atoms. The van der Waals surface area contributed by atoms with Crippen LogP contribution in [0, 0.1) is 13.8 Å². The van der Waals surface area contributed by atoms with Crippen LogP contribution in [-0.2, 0) is 6.42 Å². The van der Waals surface area contributed by atoms with Gasteiger partial charge in [-0.05, 0) is 86.7 Å². The van der Waals surface area contributed by atoms with Gasteiger partial charge >= 0.3 is 0 Å². The Morgan fingerprint density at radius 1 is 0.444 bits per heavy atom. The number of aromatic nitrogens is 3. The average molecular weight is 578 g/mol. The van der Waals surface area contributed by atoms with Crippen LogP contribution in [0.2, 0.25) is 0 Å². The molecular formula is C42H31N3. The van der Waals surface area contributed by atoms with E-state index < -0.39 is 0 Å². The van der Waals surface area contributed by atoms with E-state index in [0.29, 0.717) is 0 Å². The topological polar surface area (TPSA) is 38.7 Å². The van der Waals surface area contributed by atoms with Crippen LogP contribution >= 0.6 is 0 Å². The van der Waals surface area contributed by atoms with Gasteiger partial charge in [0, 0.05) is 16.7 Å². The van der Waals surface area contributed by atoms with E-state index in [4.69, 9.17) is 5.10 Å². The minimum Gasteiger partial charge on any atom is -0.129 e. The Bertz CT molecular complexity index is 2190. The van der Waals surface area contributed by atoms with Crippen LogP contribution in [0.1, 0.15) is 22.3 Å². The lowest BCUT2D eigenvalue weighted by atomic mass is 9.81. The first-order chi connectivity index (χ1) is 22.2. The Balaban J connectivity index is 1.50. The predicted molar refractivity (Wildman–Crippen MR) is 185 cm³/mol. The van der Waals surface area contributed by atoms with E-state index in [1.807, 2.05) is 24.3 Å². The number of benzene rings is 6. The highest BCUT2D eigenvalue weighted by Gasteiger charge is 2.29. The normalized spacial score (nSPS) is 11.7. The quantitative estimate of drug-likeness (QED) is 0.204. The largest absolute Gasteiger partial charge is 0.129 e. The van der Waals surface area contributed by atoms with Gasteiger partial charge in [-0.15, -0.1) is 10.2 Å². The highest BCUT2D eigenvalue weighted by atomic mass is 15.3. The lowest BCUT2D eigenvalue weighted by Crippen LogP contribution is -2.04. The van der Waals surface area contributed by atoms with Gasteiger partial charge in [-0.25, -0.2) is 0 Å². The van der Waals surface area contributed by atoms with Gasteiger partial charge in [-0.1, -0.05) is 140 Å². The van der Waals surface area contributed by atoms with E-state index in [0.717, 1.165) is 40.1 Å². The zero-order valence-electron chi connectivity index (χ0n) is 25.3. The minimum atomic E-state index is 0.821. The molecule has 0 saturated heterocycles. The summed E-state index contributed by atoms with van der Waals surface area (Å²) >= 11 is 0. The monoisotopic (exact) mass is 577 g/mol. The molecule has 45 heavy (non-hydrogen) atoms. The van der Waals surface area contributed by atoms with Gasteiger partial charge in [0.25, 0.3) is 0 Å². The summed E-state index contributed by atoms with van der Waals surface area (Å²) in [7, 11) is 0. The summed E-state index contributed by atoms with van der Waals surface area (Å²) in [6.45, 7) is 4.51. The first-order valence-electron chi connectivity index (χ1n) is 15.4. The van der Waals surface area contributed by atoms with Gasteiger partial charge in [-0.2, -0.15) is 0 Å². The summed E-state index contributed by atoms with van der Waals surface area (Å²) < 4.78 is 0. The maximum absolute atomic E-state index is 4.86. The maximum Gasteiger partial charge on any atom is 0.105 e. The van der Waals surface area contributed by atoms with Gasteiger partial charge in [0.2, 0.25) is 0 Å². The molecule has 1 aromatic heterocycles. The van der Waals surface area contributed by atoms with Crippen LogP contribution in [0.25, 0.3) is 67.0 Å². The molecule has 214 valence electrons. The molecule has 8 rings (SSSR count). The molecule has 0 spiro atoms. The van der Waals surface area contributed by atoms with E-state index in [2.05, 4.69) is 139 Å². The van der Waals surface area contributed by atoms with E-state index >= 15 is 0 Å². The lowest BCUT2D eigenvalue weighted by Gasteiger charge is -2.23. The smallest absolute Gasteiger partial charge is 0.105 e. The van der Waals surface area contributed by atoms with Crippen molar-refractivity contribution in [1.82, 2.24) is 15.4 Å². The van der Waals surface area contributed by atoms with Crippen molar-refractivity contribution in [1.29, 1.82) is 0 Å². The molecule has 0 radical (unpaired) electrons. The molecule has 0 amide bonds. The third-order valence-electron chi connectivity index (χ3n) is 9.16. The molecule has 3 nitrogen and oxygen atoms in total. The highest BCUT2D eigenvalue weighted by Crippen LogP contribution is 2.50. The van der Waals surface area contributed by atoms with Crippen LogP contribution < -0.4 is 0 Å². The molecule has 3 heteroatoms. The van der Waals surface area contributed by atoms with E-state index in [1.165, 1.54) is 55.6 Å². The van der Waals surface area contributed by atoms with Gasteiger partial charge < -0.3 is 0 Å². The van der Waals surface area contributed by atoms with Crippen LogP contribution in [-0.4, -0.2) is 15.4 Å². The van der Waals surface area contributed by atoms with Crippen LogP contribution in [0.3, 0.4) is 0 Å². The van der Waals surface area contributed by atoms with Crippen molar-refractivity contribution in [2.45, 2.75) is 20.3 Å². The molecule has 0 N–H and O–H groups in total. The molecular weight excluding hydrogens is 546 g/mol. The van der Waals surface area contributed by atoms with Crippen molar-refractivity contribution < 1.29 is 0 Å². The summed E-state index contributed by atoms with van der Waals surface area (Å²) in [5, 5.41) is 13.9. The van der Waals surface area contributed by atoms with Gasteiger partial charge in [0.1, 0.15) is 11.4 Å². The van der Waals surface area contributed by atoms with Crippen LogP contribution in [0.5, 0.6) is 0 Å². The van der Waals surface area contributed by atoms with Crippen molar-refractivity contribution in [2.24, 2.45) is 0 Å². The molecule has 0 unspecified atom stereocenters. The standard InChI is InChI=1S/C42H31N3/c1-27-25-36-33-22-13-12-21-32(33)26-37(36)38(28(27)2)40-34(29-15-6-3-7-16-29)23-14-24-35(40)42-39(30-17-8-4-9-18-30)41(43-45-44-42)31-19-10-5-11-20-31/h3-25H,26H2,1-2H3. The SMILES string of the molecule is Cc1cc2c(c(-c3c(-c4ccccc4)cccc3-c3nnnc(-c4ccccc4)c3-c3ccccc3)c1C)Cc1ccccc1-2. The molecule has 0 fully saturated rings. The number of fused-ring (bicyclic) bond motifs is 3. The minimum absolute atomic E-state index is 0.821. The zero-order chi connectivity index (χ0) is 30.3. The zero-order valence-corrected chi connectivity index (χ0v) is 25.3. The van der Waals surface area contributed by atoms with Crippen molar-refractivity contribution >= 4 is 0 Å². The molecule has 1 aliphatic rings. The summed E-state index contributed by atoms with van der Waals surface area (Å²) in [4.78, 5) is 0. The molecule has 7 aromatic rings. The molecule has 6 aromatic carbocycles. The second kappa shape index (κ2) is 11.1. The summed E-state index contributed by atoms with van der Waals surface area (Å²) in [5.74, 6) is 0. The third kappa shape index (κ3) is 4.56. The third-order valence-corrected chi connectivity index (χ3v) is 9.16. The second-order valence-corrected chi connectivity index (χ2v) is 11.7. The Morgan fingerprint density at radius 3 is 1.76 bits per heavy atom.